The molecule has 2 fully saturated rings. The number of halogens is 1. The van der Waals surface area contributed by atoms with Crippen LogP contribution in [0.4, 0.5) is 30.6 Å². The number of nitrogens with zero attached hydrogens (tertiary/aromatic N) is 6. The molecule has 2 aliphatic rings. The highest BCUT2D eigenvalue weighted by atomic mass is 35.7. The molecule has 752 valence electrons. The van der Waals surface area contributed by atoms with Crippen LogP contribution < -0.4 is 54.0 Å². The van der Waals surface area contributed by atoms with E-state index in [1.54, 1.807) is 48.5 Å². The highest BCUT2D eigenvalue weighted by Gasteiger charge is 2.34. The number of unbranched alkanes of at least 4 members (excludes halogenated alkanes) is 2. The standard InChI is InChI=1S/C46H77N8O11P.C37H60N6O10.C9H18ClN2OP/c1-33(2)43(52-41(56)13-8-9-14-42(57)53-23-19-36(7)31-53)40(55)30-38(12-10-21-49-45(48)59)44(58)51-39-17-15-37(16-18-39)32-63-46(60)50-22-25-61-26-27-62-28-29-65-66(64-24-11-20-47)54(34(3)4)35(5)6;1-26(2)34(42-32(46)8-4-5-9-33(47)43-17-14-27(3)24-43)31(45)23-29(7-6-15-39-36(38)49)35(48)41-30-12-10-28(11-13-30)25-53-37(50)40-16-19-51-21-22-52-20-18-44;1-8(2)12(9(3)4)14(10)13-7-5-6-11/h15-18,33-36,38,43H,8-14,19,21-32H2,1-7H3,(H,50,60)(H,51,58)(H,52,56)(H3,48,49,59);10-13,26-27,29,34,44H,4-9,14-25H2,1-3H3,(H,40,50)(H,41,48)(H,42,46)(H3,38,39,49);8-9H,5,7H2,1-4H3/t36-,38+,43-,66?;27-,29+,34-;/m00./s1. The molecule has 0 aromatic heterocycles. The van der Waals surface area contributed by atoms with Gasteiger partial charge >= 0.3 is 24.2 Å². The van der Waals surface area contributed by atoms with Gasteiger partial charge in [0.25, 0.3) is 8.53 Å². The molecule has 13 N–H and O–H groups in total. The fourth-order valence-corrected chi connectivity index (χ4v) is 18.0. The molecule has 4 rings (SSSR count). The van der Waals surface area contributed by atoms with Gasteiger partial charge in [-0.1, -0.05) is 65.8 Å². The van der Waals surface area contributed by atoms with Gasteiger partial charge in [-0.15, -0.1) is 0 Å². The summed E-state index contributed by atoms with van der Waals surface area (Å²) in [5.41, 5.74) is 12.7. The first-order chi connectivity index (χ1) is 63.4. The second-order valence-electron chi connectivity index (χ2n) is 34.5. The molecule has 0 radical (unpaired) electrons. The van der Waals surface area contributed by atoms with E-state index in [0.29, 0.717) is 163 Å². The van der Waals surface area contributed by atoms with Gasteiger partial charge in [0.2, 0.25) is 43.1 Å². The van der Waals surface area contributed by atoms with Crippen LogP contribution >= 0.6 is 27.4 Å². The third-order valence-corrected chi connectivity index (χ3v) is 25.5. The van der Waals surface area contributed by atoms with Crippen LogP contribution in [-0.4, -0.2) is 263 Å². The molecule has 2 aliphatic heterocycles. The van der Waals surface area contributed by atoms with Crippen molar-refractivity contribution >= 4 is 110 Å². The zero-order chi connectivity index (χ0) is 99.0. The minimum Gasteiger partial charge on any atom is -0.445 e. The molecule has 2 aromatic carbocycles. The lowest BCUT2D eigenvalue weighted by molar-refractivity contribution is -0.131. The third kappa shape index (κ3) is 55.9. The summed E-state index contributed by atoms with van der Waals surface area (Å²) in [6.45, 7) is 35.7. The number of likely N-dealkylation sites (tertiary alicyclic amines) is 2. The van der Waals surface area contributed by atoms with Crippen LogP contribution in [-0.2, 0) is 93.6 Å². The Balaban J connectivity index is 0.000000797. The van der Waals surface area contributed by atoms with Gasteiger partial charge in [-0.3, -0.25) is 38.4 Å². The lowest BCUT2D eigenvalue weighted by atomic mass is 9.89. The fourth-order valence-electron chi connectivity index (χ4n) is 14.1. The number of ether oxygens (including phenoxy) is 6. The van der Waals surface area contributed by atoms with E-state index in [1.165, 1.54) is 0 Å². The molecule has 38 nitrogen and oxygen atoms in total. The average molecular weight is 1930 g/mol. The largest absolute Gasteiger partial charge is 0.445 e. The molecule has 0 spiro atoms. The quantitative estimate of drug-likeness (QED) is 0.0216. The lowest BCUT2D eigenvalue weighted by Gasteiger charge is -2.35. The van der Waals surface area contributed by atoms with Crippen molar-refractivity contribution in [3.05, 3.63) is 59.7 Å². The highest BCUT2D eigenvalue weighted by Crippen LogP contribution is 2.49. The Morgan fingerprint density at radius 1 is 0.474 bits per heavy atom. The van der Waals surface area contributed by atoms with E-state index < -0.39 is 76.2 Å². The number of nitrogens with two attached hydrogens (primary N) is 2. The molecule has 8 atom stereocenters. The number of ketones is 2. The van der Waals surface area contributed by atoms with Gasteiger partial charge in [0.1, 0.15) is 13.2 Å². The Hall–Kier alpha value is -8.59. The van der Waals surface area contributed by atoms with Crippen LogP contribution in [0.1, 0.15) is 224 Å². The summed E-state index contributed by atoms with van der Waals surface area (Å²) in [5, 5.41) is 47.5. The van der Waals surface area contributed by atoms with Crippen molar-refractivity contribution in [1.29, 1.82) is 10.5 Å². The first-order valence-corrected chi connectivity index (χ1v) is 49.9. The molecule has 0 saturated carbocycles. The molecule has 41 heteroatoms. The second kappa shape index (κ2) is 71.9. The van der Waals surface area contributed by atoms with Gasteiger partial charge in [0.15, 0.2) is 11.6 Å². The number of amides is 12. The molecule has 133 heavy (non-hydrogen) atoms. The number of urea groups is 2. The van der Waals surface area contributed by atoms with Crippen LogP contribution in [0.3, 0.4) is 0 Å². The topological polar surface area (TPSA) is 517 Å². The van der Waals surface area contributed by atoms with Crippen molar-refractivity contribution < 1.29 is 105 Å². The predicted octanol–water partition coefficient (Wildman–Crippen LogP) is 11.7. The Labute approximate surface area is 795 Å². The van der Waals surface area contributed by atoms with Gasteiger partial charge in [-0.05, 0) is 190 Å². The molecule has 2 saturated heterocycles. The summed E-state index contributed by atoms with van der Waals surface area (Å²) in [7, 11) is -2.41. The smallest absolute Gasteiger partial charge is 0.407 e. The van der Waals surface area contributed by atoms with Crippen LogP contribution in [0.25, 0.3) is 0 Å². The minimum atomic E-state index is -1.33. The van der Waals surface area contributed by atoms with Crippen molar-refractivity contribution in [3.63, 3.8) is 0 Å². The number of rotatable bonds is 66. The van der Waals surface area contributed by atoms with E-state index >= 15 is 0 Å². The Kier molecular flexibility index (Phi) is 65.1. The monoisotopic (exact) mass is 1930 g/mol. The number of anilines is 2. The maximum atomic E-state index is 13.6. The Morgan fingerprint density at radius 2 is 0.835 bits per heavy atom. The summed E-state index contributed by atoms with van der Waals surface area (Å²) >= 11 is 6.13. The van der Waals surface area contributed by atoms with Crippen LogP contribution in [0.2, 0.25) is 0 Å². The van der Waals surface area contributed by atoms with Crippen molar-refractivity contribution in [1.82, 2.24) is 51.0 Å². The van der Waals surface area contributed by atoms with Crippen LogP contribution in [0.5, 0.6) is 0 Å². The van der Waals surface area contributed by atoms with E-state index in [1.807, 2.05) is 43.6 Å². The van der Waals surface area contributed by atoms with E-state index in [4.69, 9.17) is 80.3 Å². The molecule has 0 aliphatic carbocycles. The first-order valence-electron chi connectivity index (χ1n) is 46.7. The second-order valence-corrected chi connectivity index (χ2v) is 38.0. The summed E-state index contributed by atoms with van der Waals surface area (Å²) in [4.78, 5) is 155. The summed E-state index contributed by atoms with van der Waals surface area (Å²) < 4.78 is 53.6. The molecule has 0 bridgehead atoms. The number of hydrogen-bond acceptors (Lipinski definition) is 26. The van der Waals surface area contributed by atoms with Gasteiger partial charge in [-0.2, -0.15) is 10.5 Å². The first kappa shape index (κ1) is 120. The van der Waals surface area contributed by atoms with Crippen molar-refractivity contribution in [2.45, 2.75) is 262 Å². The number of alkyl carbamates (subject to hydrolysis) is 2. The number of hydrogen-bond donors (Lipinski definition) is 11. The van der Waals surface area contributed by atoms with Crippen LogP contribution in [0.15, 0.2) is 48.5 Å². The number of primary amides is 2. The number of nitriles is 2. The lowest BCUT2D eigenvalue weighted by Crippen LogP contribution is -2.45. The zero-order valence-corrected chi connectivity index (χ0v) is 83.5. The van der Waals surface area contributed by atoms with Crippen LogP contribution in [0, 0.1) is 58.2 Å². The number of aliphatic hydroxyl groups is 1. The summed E-state index contributed by atoms with van der Waals surface area (Å²) in [6.07, 6.45) is 5.91. The summed E-state index contributed by atoms with van der Waals surface area (Å²) in [6, 6.07) is 15.7. The SMILES string of the molecule is CC(C)N(C(C)C)P(Cl)OCCC#N.CC(C)[C@H](NC(=O)CCCCC(=O)N1CC[C@H](C)C1)C(=O)C[C@@H](CCCNC(N)=O)C(=O)Nc1ccc(COC(=O)NCCOCCOCCO)cc1.CC(C)[C@H](NC(=O)CCCCC(=O)N1CC[C@H](C)C1)C(=O)C[C@@H](CCCNC(N)=O)C(=O)Nc1ccc(COC(=O)NCCOCCOCCOP(OCCC#N)N(C(C)C)C(C)C)cc1. The number of carbonyl (C=O) groups is 12. The van der Waals surface area contributed by atoms with Gasteiger partial charge < -0.3 is 111 Å². The molecule has 2 aromatic rings. The average Bonchev–Trinajstić information content (AvgIpc) is 1.78. The Morgan fingerprint density at radius 3 is 1.19 bits per heavy atom. The van der Waals surface area contributed by atoms with E-state index in [-0.39, 0.29) is 163 Å². The number of benzene rings is 2. The molecule has 2 unspecified atom stereocenters. The number of nitrogens with one attached hydrogen (secondary N) is 8. The summed E-state index contributed by atoms with van der Waals surface area (Å²) in [5.74, 6) is -2.64. The molecular formula is C92H155ClN16O22P2. The maximum Gasteiger partial charge on any atom is 0.407 e. The third-order valence-electron chi connectivity index (χ3n) is 20.9. The minimum absolute atomic E-state index is 0.00170. The van der Waals surface area contributed by atoms with E-state index in [0.717, 1.165) is 39.0 Å². The van der Waals surface area contributed by atoms with Gasteiger partial charge in [0, 0.05) is 138 Å². The zero-order valence-electron chi connectivity index (χ0n) is 81.0. The molecule has 2 heterocycles. The van der Waals surface area contributed by atoms with E-state index in [2.05, 4.69) is 127 Å². The number of Topliss-reactive ketones (excluding diaryl/α,β-unsaturated/α-hetero) is 2. The van der Waals surface area contributed by atoms with Crippen molar-refractivity contribution in [3.8, 4) is 12.1 Å². The fraction of sp³-hybridized carbons (Fsp3) is 0.717. The predicted molar refractivity (Wildman–Crippen MR) is 510 cm³/mol. The van der Waals surface area contributed by atoms with E-state index in [9.17, 15) is 57.5 Å². The maximum absolute atomic E-state index is 13.6. The number of carbonyl (C=O) groups excluding carboxylic acids is 12. The molecule has 12 amide bonds. The Bertz CT molecular complexity index is 3780. The van der Waals surface area contributed by atoms with Gasteiger partial charge in [0.05, 0.1) is 116 Å². The molecular weight excluding hydrogens is 1780 g/mol. The highest BCUT2D eigenvalue weighted by molar-refractivity contribution is 7.78. The number of aliphatic hydroxyl groups excluding tert-OH is 1. The normalized spacial score (nSPS) is 14.9. The van der Waals surface area contributed by atoms with Crippen molar-refractivity contribution in [2.75, 3.05) is 142 Å². The van der Waals surface area contributed by atoms with Crippen molar-refractivity contribution in [2.24, 2.45) is 47.0 Å². The van der Waals surface area contributed by atoms with Gasteiger partial charge in [-0.25, -0.2) is 28.5 Å².